The molecule has 0 radical (unpaired) electrons. The average Bonchev–Trinajstić information content (AvgIpc) is 3.20. The molecular weight excluding hydrogens is 288 g/mol. The van der Waals surface area contributed by atoms with Crippen molar-refractivity contribution in [1.29, 1.82) is 0 Å². The molecule has 3 rings (SSSR count). The van der Waals surface area contributed by atoms with Gasteiger partial charge in [-0.05, 0) is 31.9 Å². The first-order valence-corrected chi connectivity index (χ1v) is 8.15. The van der Waals surface area contributed by atoms with Crippen molar-refractivity contribution in [2.24, 2.45) is 5.92 Å². The quantitative estimate of drug-likeness (QED) is 0.828. The van der Waals surface area contributed by atoms with E-state index in [9.17, 15) is 4.79 Å². The monoisotopic (exact) mass is 306 g/mol. The van der Waals surface area contributed by atoms with Gasteiger partial charge in [-0.3, -0.25) is 9.36 Å². The van der Waals surface area contributed by atoms with E-state index >= 15 is 0 Å². The number of nitrogens with zero attached hydrogens (tertiary/aromatic N) is 3. The number of hydrogen-bond donors (Lipinski definition) is 1. The fourth-order valence-corrected chi connectivity index (χ4v) is 3.54. The summed E-state index contributed by atoms with van der Waals surface area (Å²) in [5.41, 5.74) is 0. The van der Waals surface area contributed by atoms with Crippen LogP contribution in [0.5, 0.6) is 0 Å². The minimum absolute atomic E-state index is 0.153. The van der Waals surface area contributed by atoms with Crippen LogP contribution in [-0.2, 0) is 11.3 Å². The summed E-state index contributed by atoms with van der Waals surface area (Å²) in [5.74, 6) is 2.69. The number of carbonyl (C=O) groups excluding carboxylic acids is 1. The summed E-state index contributed by atoms with van der Waals surface area (Å²) < 4.78 is 7.43. The Balaban J connectivity index is 1.64. The van der Waals surface area contributed by atoms with Gasteiger partial charge in [-0.2, -0.15) is 0 Å². The summed E-state index contributed by atoms with van der Waals surface area (Å²) in [6, 6.07) is 3.73. The molecule has 0 unspecified atom stereocenters. The number of rotatable bonds is 6. The smallest absolute Gasteiger partial charge is 0.223 e. The highest BCUT2D eigenvalue weighted by molar-refractivity contribution is 7.99. The van der Waals surface area contributed by atoms with E-state index in [2.05, 4.69) is 22.4 Å². The van der Waals surface area contributed by atoms with Gasteiger partial charge >= 0.3 is 0 Å². The Kier molecular flexibility index (Phi) is 4.28. The molecule has 3 heterocycles. The molecule has 1 amide bonds. The van der Waals surface area contributed by atoms with Crippen molar-refractivity contribution >= 4 is 17.7 Å². The normalized spacial score (nSPS) is 18.1. The zero-order valence-electron chi connectivity index (χ0n) is 11.9. The van der Waals surface area contributed by atoms with E-state index in [1.165, 1.54) is 0 Å². The zero-order valence-corrected chi connectivity index (χ0v) is 12.7. The topological polar surface area (TPSA) is 73.0 Å². The molecule has 0 aromatic carbocycles. The van der Waals surface area contributed by atoms with E-state index in [4.69, 9.17) is 4.42 Å². The van der Waals surface area contributed by atoms with E-state index in [1.54, 1.807) is 18.0 Å². The molecule has 1 aliphatic rings. The number of aromatic nitrogens is 3. The third-order valence-electron chi connectivity index (χ3n) is 3.63. The molecule has 2 aromatic rings. The molecular formula is C14H18N4O2S. The Morgan fingerprint density at radius 1 is 1.52 bits per heavy atom. The van der Waals surface area contributed by atoms with Crippen LogP contribution in [0.2, 0.25) is 0 Å². The fourth-order valence-electron chi connectivity index (χ4n) is 2.48. The predicted octanol–water partition coefficient (Wildman–Crippen LogP) is 2.18. The number of furan rings is 1. The second-order valence-electron chi connectivity index (χ2n) is 4.94. The third-order valence-corrected chi connectivity index (χ3v) is 4.63. The second-order valence-corrected chi connectivity index (χ2v) is 6.00. The standard InChI is InChI=1S/C14H18N4O2S/c1-2-18-12(11-4-3-8-20-11)16-17-14(18)21-9-6-10-5-7-15-13(10)19/h3-4,8,10H,2,5-7,9H2,1H3,(H,15,19)/t10-/m0/s1. The van der Waals surface area contributed by atoms with Crippen molar-refractivity contribution < 1.29 is 9.21 Å². The van der Waals surface area contributed by atoms with Crippen LogP contribution in [-0.4, -0.2) is 33.0 Å². The first-order valence-electron chi connectivity index (χ1n) is 7.17. The van der Waals surface area contributed by atoms with Crippen molar-refractivity contribution in [3.8, 4) is 11.6 Å². The highest BCUT2D eigenvalue weighted by Gasteiger charge is 2.24. The number of hydrogen-bond acceptors (Lipinski definition) is 5. The van der Waals surface area contributed by atoms with Crippen LogP contribution >= 0.6 is 11.8 Å². The van der Waals surface area contributed by atoms with Gasteiger partial charge in [0, 0.05) is 24.8 Å². The molecule has 21 heavy (non-hydrogen) atoms. The van der Waals surface area contributed by atoms with Crippen molar-refractivity contribution in [2.75, 3.05) is 12.3 Å². The lowest BCUT2D eigenvalue weighted by molar-refractivity contribution is -0.122. The van der Waals surface area contributed by atoms with Gasteiger partial charge in [0.25, 0.3) is 0 Å². The third kappa shape index (κ3) is 2.97. The highest BCUT2D eigenvalue weighted by atomic mass is 32.2. The molecule has 0 spiro atoms. The molecule has 2 aromatic heterocycles. The van der Waals surface area contributed by atoms with Crippen LogP contribution < -0.4 is 5.32 Å². The Bertz CT molecular complexity index is 609. The van der Waals surface area contributed by atoms with Crippen LogP contribution in [0, 0.1) is 5.92 Å². The van der Waals surface area contributed by atoms with Gasteiger partial charge in [0.2, 0.25) is 5.91 Å². The van der Waals surface area contributed by atoms with E-state index in [0.717, 1.165) is 48.4 Å². The molecule has 0 saturated carbocycles. The number of amides is 1. The van der Waals surface area contributed by atoms with Gasteiger partial charge in [0.1, 0.15) is 0 Å². The molecule has 112 valence electrons. The van der Waals surface area contributed by atoms with Gasteiger partial charge in [-0.25, -0.2) is 0 Å². The lowest BCUT2D eigenvalue weighted by atomic mass is 10.1. The maximum atomic E-state index is 11.5. The van der Waals surface area contributed by atoms with Crippen molar-refractivity contribution in [2.45, 2.75) is 31.5 Å². The van der Waals surface area contributed by atoms with E-state index in [-0.39, 0.29) is 11.8 Å². The maximum absolute atomic E-state index is 11.5. The minimum atomic E-state index is 0.153. The van der Waals surface area contributed by atoms with Gasteiger partial charge in [-0.1, -0.05) is 11.8 Å². The average molecular weight is 306 g/mol. The minimum Gasteiger partial charge on any atom is -0.461 e. The number of thioether (sulfide) groups is 1. The van der Waals surface area contributed by atoms with Crippen LogP contribution in [0.15, 0.2) is 28.0 Å². The molecule has 0 aliphatic carbocycles. The Hall–Kier alpha value is -1.76. The van der Waals surface area contributed by atoms with Crippen LogP contribution in [0.25, 0.3) is 11.6 Å². The molecule has 6 nitrogen and oxygen atoms in total. The summed E-state index contributed by atoms with van der Waals surface area (Å²) in [6.45, 7) is 3.65. The van der Waals surface area contributed by atoms with Crippen molar-refractivity contribution in [3.05, 3.63) is 18.4 Å². The second kappa shape index (κ2) is 6.34. The first kappa shape index (κ1) is 14.2. The van der Waals surface area contributed by atoms with Gasteiger partial charge in [0.15, 0.2) is 16.7 Å². The molecule has 1 aliphatic heterocycles. The van der Waals surface area contributed by atoms with Crippen LogP contribution in [0.3, 0.4) is 0 Å². The molecule has 1 saturated heterocycles. The lowest BCUT2D eigenvalue weighted by Crippen LogP contribution is -2.19. The Morgan fingerprint density at radius 3 is 3.10 bits per heavy atom. The molecule has 0 bridgehead atoms. The SMILES string of the molecule is CCn1c(SCC[C@@H]2CCNC2=O)nnc1-c1ccco1. The summed E-state index contributed by atoms with van der Waals surface area (Å²) in [4.78, 5) is 11.5. The summed E-state index contributed by atoms with van der Waals surface area (Å²) in [5, 5.41) is 12.2. The fraction of sp³-hybridized carbons (Fsp3) is 0.500. The highest BCUT2D eigenvalue weighted by Crippen LogP contribution is 2.26. The largest absolute Gasteiger partial charge is 0.461 e. The maximum Gasteiger partial charge on any atom is 0.223 e. The van der Waals surface area contributed by atoms with Crippen LogP contribution in [0.4, 0.5) is 0 Å². The Morgan fingerprint density at radius 2 is 2.43 bits per heavy atom. The number of carbonyl (C=O) groups is 1. The van der Waals surface area contributed by atoms with E-state index in [0.29, 0.717) is 0 Å². The predicted molar refractivity (Wildman–Crippen MR) is 79.9 cm³/mol. The molecule has 1 atom stereocenters. The molecule has 7 heteroatoms. The van der Waals surface area contributed by atoms with Gasteiger partial charge < -0.3 is 9.73 Å². The first-order chi connectivity index (χ1) is 10.3. The summed E-state index contributed by atoms with van der Waals surface area (Å²) in [7, 11) is 0. The summed E-state index contributed by atoms with van der Waals surface area (Å²) >= 11 is 1.65. The summed E-state index contributed by atoms with van der Waals surface area (Å²) in [6.07, 6.45) is 3.45. The molecule has 1 fully saturated rings. The lowest BCUT2D eigenvalue weighted by Gasteiger charge is -2.07. The van der Waals surface area contributed by atoms with Crippen LogP contribution in [0.1, 0.15) is 19.8 Å². The number of nitrogens with one attached hydrogen (secondary N) is 1. The van der Waals surface area contributed by atoms with Crippen molar-refractivity contribution in [1.82, 2.24) is 20.1 Å². The molecule has 1 N–H and O–H groups in total. The van der Waals surface area contributed by atoms with Crippen molar-refractivity contribution in [3.63, 3.8) is 0 Å². The van der Waals surface area contributed by atoms with Gasteiger partial charge in [-0.15, -0.1) is 10.2 Å². The Labute approximate surface area is 127 Å². The van der Waals surface area contributed by atoms with E-state index < -0.39 is 0 Å². The van der Waals surface area contributed by atoms with Gasteiger partial charge in [0.05, 0.1) is 6.26 Å². The van der Waals surface area contributed by atoms with E-state index in [1.807, 2.05) is 16.7 Å². The zero-order chi connectivity index (χ0) is 14.7.